The smallest absolute Gasteiger partial charge is 0.175 e. The molecule has 2 heterocycles. The Morgan fingerprint density at radius 3 is 2.50 bits per heavy atom. The number of hydrogen-bond donors (Lipinski definition) is 0. The molecule has 114 valence electrons. The minimum atomic E-state index is -3.18. The summed E-state index contributed by atoms with van der Waals surface area (Å²) in [4.78, 5) is 4.75. The van der Waals surface area contributed by atoms with E-state index in [0.717, 1.165) is 16.9 Å². The van der Waals surface area contributed by atoms with Crippen LogP contribution in [0.2, 0.25) is 0 Å². The fourth-order valence-corrected chi connectivity index (χ4v) is 2.80. The first-order chi connectivity index (χ1) is 10.4. The SMILES string of the molecule is Cc1ccc2nc(COc3ccc(S(C)(=O)=O)cc3)cn2c1. The quantitative estimate of drug-likeness (QED) is 0.742. The maximum Gasteiger partial charge on any atom is 0.175 e. The van der Waals surface area contributed by atoms with Crippen LogP contribution in [0.4, 0.5) is 0 Å². The number of aromatic nitrogens is 2. The Bertz CT molecular complexity index is 912. The lowest BCUT2D eigenvalue weighted by Gasteiger charge is -2.04. The van der Waals surface area contributed by atoms with Crippen molar-refractivity contribution in [1.29, 1.82) is 0 Å². The zero-order valence-electron chi connectivity index (χ0n) is 12.4. The van der Waals surface area contributed by atoms with Crippen LogP contribution in [-0.4, -0.2) is 24.1 Å². The first-order valence-electron chi connectivity index (χ1n) is 6.79. The molecule has 0 radical (unpaired) electrons. The van der Waals surface area contributed by atoms with Gasteiger partial charge in [-0.1, -0.05) is 6.07 Å². The fourth-order valence-electron chi connectivity index (χ4n) is 2.17. The van der Waals surface area contributed by atoms with Crippen molar-refractivity contribution in [2.24, 2.45) is 0 Å². The first kappa shape index (κ1) is 14.6. The van der Waals surface area contributed by atoms with Crippen molar-refractivity contribution in [3.05, 3.63) is 60.0 Å². The van der Waals surface area contributed by atoms with Gasteiger partial charge >= 0.3 is 0 Å². The molecule has 3 rings (SSSR count). The first-order valence-corrected chi connectivity index (χ1v) is 8.68. The van der Waals surface area contributed by atoms with E-state index in [0.29, 0.717) is 12.4 Å². The number of hydrogen-bond acceptors (Lipinski definition) is 4. The van der Waals surface area contributed by atoms with E-state index in [2.05, 4.69) is 4.98 Å². The van der Waals surface area contributed by atoms with Crippen LogP contribution in [-0.2, 0) is 16.4 Å². The summed E-state index contributed by atoms with van der Waals surface area (Å²) in [5.41, 5.74) is 2.85. The van der Waals surface area contributed by atoms with Crippen molar-refractivity contribution in [3.63, 3.8) is 0 Å². The third-order valence-corrected chi connectivity index (χ3v) is 4.42. The molecular formula is C16H16N2O3S. The number of nitrogens with zero attached hydrogens (tertiary/aromatic N) is 2. The lowest BCUT2D eigenvalue weighted by Crippen LogP contribution is -1.98. The second kappa shape index (κ2) is 5.46. The lowest BCUT2D eigenvalue weighted by molar-refractivity contribution is 0.302. The highest BCUT2D eigenvalue weighted by atomic mass is 32.2. The maximum atomic E-state index is 11.4. The molecule has 0 saturated carbocycles. The molecule has 22 heavy (non-hydrogen) atoms. The number of rotatable bonds is 4. The largest absolute Gasteiger partial charge is 0.487 e. The van der Waals surface area contributed by atoms with E-state index in [-0.39, 0.29) is 4.90 Å². The molecule has 6 heteroatoms. The maximum absolute atomic E-state index is 11.4. The fraction of sp³-hybridized carbons (Fsp3) is 0.188. The van der Waals surface area contributed by atoms with Gasteiger partial charge in [-0.05, 0) is 42.8 Å². The predicted molar refractivity (Wildman–Crippen MR) is 83.8 cm³/mol. The molecule has 0 N–H and O–H groups in total. The highest BCUT2D eigenvalue weighted by Gasteiger charge is 2.07. The van der Waals surface area contributed by atoms with E-state index in [1.807, 2.05) is 35.9 Å². The van der Waals surface area contributed by atoms with Crippen LogP contribution in [0.3, 0.4) is 0 Å². The number of benzene rings is 1. The average Bonchev–Trinajstić information content (AvgIpc) is 2.86. The van der Waals surface area contributed by atoms with Crippen molar-refractivity contribution in [1.82, 2.24) is 9.38 Å². The third kappa shape index (κ3) is 3.12. The van der Waals surface area contributed by atoms with Crippen LogP contribution in [0.25, 0.3) is 5.65 Å². The van der Waals surface area contributed by atoms with Gasteiger partial charge in [0.1, 0.15) is 18.0 Å². The Labute approximate surface area is 129 Å². The third-order valence-electron chi connectivity index (χ3n) is 3.29. The highest BCUT2D eigenvalue weighted by Crippen LogP contribution is 2.17. The van der Waals surface area contributed by atoms with E-state index in [9.17, 15) is 8.42 Å². The standard InChI is InChI=1S/C16H16N2O3S/c1-12-3-8-16-17-13(10-18(16)9-12)11-21-14-4-6-15(7-5-14)22(2,19)20/h3-10H,11H2,1-2H3. The molecule has 2 aromatic heterocycles. The number of sulfone groups is 1. The van der Waals surface area contributed by atoms with Gasteiger partial charge < -0.3 is 9.14 Å². The van der Waals surface area contributed by atoms with Gasteiger partial charge in [0.15, 0.2) is 9.84 Å². The molecule has 5 nitrogen and oxygen atoms in total. The van der Waals surface area contributed by atoms with Gasteiger partial charge in [0.05, 0.1) is 10.6 Å². The zero-order chi connectivity index (χ0) is 15.7. The van der Waals surface area contributed by atoms with Gasteiger partial charge in [-0.3, -0.25) is 0 Å². The summed E-state index contributed by atoms with van der Waals surface area (Å²) in [6.45, 7) is 2.36. The summed E-state index contributed by atoms with van der Waals surface area (Å²) < 4.78 is 30.4. The Hall–Kier alpha value is -2.34. The zero-order valence-corrected chi connectivity index (χ0v) is 13.2. The van der Waals surface area contributed by atoms with Crippen LogP contribution < -0.4 is 4.74 Å². The van der Waals surface area contributed by atoms with Crippen molar-refractivity contribution >= 4 is 15.5 Å². The van der Waals surface area contributed by atoms with Crippen LogP contribution in [0.1, 0.15) is 11.3 Å². The minimum Gasteiger partial charge on any atom is -0.487 e. The lowest BCUT2D eigenvalue weighted by atomic mass is 10.3. The Balaban J connectivity index is 1.73. The molecule has 0 saturated heterocycles. The molecular weight excluding hydrogens is 300 g/mol. The van der Waals surface area contributed by atoms with Crippen molar-refractivity contribution in [3.8, 4) is 5.75 Å². The van der Waals surface area contributed by atoms with Gasteiger partial charge in [-0.25, -0.2) is 13.4 Å². The number of pyridine rings is 1. The molecule has 0 aliphatic rings. The van der Waals surface area contributed by atoms with Gasteiger partial charge in [0, 0.05) is 18.6 Å². The predicted octanol–water partition coefficient (Wildman–Crippen LogP) is 2.63. The summed E-state index contributed by atoms with van der Waals surface area (Å²) in [5, 5.41) is 0. The summed E-state index contributed by atoms with van der Waals surface area (Å²) >= 11 is 0. The molecule has 0 atom stereocenters. The Morgan fingerprint density at radius 2 is 1.82 bits per heavy atom. The van der Waals surface area contributed by atoms with Crippen LogP contribution in [0.15, 0.2) is 53.7 Å². The minimum absolute atomic E-state index is 0.281. The number of ether oxygens (including phenoxy) is 1. The normalized spacial score (nSPS) is 11.7. The molecule has 0 aliphatic carbocycles. The van der Waals surface area contributed by atoms with Gasteiger partial charge in [-0.2, -0.15) is 0 Å². The molecule has 1 aromatic carbocycles. The van der Waals surface area contributed by atoms with Crippen LogP contribution >= 0.6 is 0 Å². The molecule has 0 unspecified atom stereocenters. The number of aryl methyl sites for hydroxylation is 1. The second-order valence-electron chi connectivity index (χ2n) is 5.24. The summed E-state index contributed by atoms with van der Waals surface area (Å²) in [7, 11) is -3.18. The van der Waals surface area contributed by atoms with E-state index in [4.69, 9.17) is 4.74 Å². The molecule has 0 fully saturated rings. The monoisotopic (exact) mass is 316 g/mol. The molecule has 0 aliphatic heterocycles. The van der Waals surface area contributed by atoms with E-state index in [1.165, 1.54) is 18.4 Å². The summed E-state index contributed by atoms with van der Waals surface area (Å²) in [6, 6.07) is 10.3. The Kier molecular flexibility index (Phi) is 3.62. The highest BCUT2D eigenvalue weighted by molar-refractivity contribution is 7.90. The average molecular weight is 316 g/mol. The van der Waals surface area contributed by atoms with Crippen molar-refractivity contribution in [2.75, 3.05) is 6.26 Å². The topological polar surface area (TPSA) is 60.7 Å². The second-order valence-corrected chi connectivity index (χ2v) is 7.25. The van der Waals surface area contributed by atoms with E-state index in [1.54, 1.807) is 12.1 Å². The number of imidazole rings is 1. The van der Waals surface area contributed by atoms with Crippen molar-refractivity contribution in [2.45, 2.75) is 18.4 Å². The van der Waals surface area contributed by atoms with Crippen molar-refractivity contribution < 1.29 is 13.2 Å². The Morgan fingerprint density at radius 1 is 1.09 bits per heavy atom. The summed E-state index contributed by atoms with van der Waals surface area (Å²) in [5.74, 6) is 0.612. The molecule has 0 spiro atoms. The number of fused-ring (bicyclic) bond motifs is 1. The van der Waals surface area contributed by atoms with Crippen LogP contribution in [0, 0.1) is 6.92 Å². The summed E-state index contributed by atoms with van der Waals surface area (Å²) in [6.07, 6.45) is 5.11. The molecule has 0 bridgehead atoms. The van der Waals surface area contributed by atoms with Gasteiger partial charge in [-0.15, -0.1) is 0 Å². The van der Waals surface area contributed by atoms with E-state index >= 15 is 0 Å². The molecule has 0 amide bonds. The van der Waals surface area contributed by atoms with E-state index < -0.39 is 9.84 Å². The molecule has 3 aromatic rings. The van der Waals surface area contributed by atoms with Crippen LogP contribution in [0.5, 0.6) is 5.75 Å². The van der Waals surface area contributed by atoms with Gasteiger partial charge in [0.25, 0.3) is 0 Å². The van der Waals surface area contributed by atoms with Gasteiger partial charge in [0.2, 0.25) is 0 Å².